The van der Waals surface area contributed by atoms with E-state index in [0.717, 1.165) is 16.9 Å². The highest BCUT2D eigenvalue weighted by Crippen LogP contribution is 2.25. The fourth-order valence-electron chi connectivity index (χ4n) is 1.94. The monoisotopic (exact) mass is 246 g/mol. The number of aliphatic hydroxyl groups is 1. The van der Waals surface area contributed by atoms with Crippen molar-refractivity contribution in [3.05, 3.63) is 47.8 Å². The van der Waals surface area contributed by atoms with Crippen LogP contribution in [0.5, 0.6) is 5.75 Å². The number of benzene rings is 1. The summed E-state index contributed by atoms with van der Waals surface area (Å²) in [6.07, 6.45) is 4.08. The highest BCUT2D eigenvalue weighted by atomic mass is 16.5. The van der Waals surface area contributed by atoms with Gasteiger partial charge in [-0.15, -0.1) is 0 Å². The summed E-state index contributed by atoms with van der Waals surface area (Å²) in [5, 5.41) is 14.6. The minimum Gasteiger partial charge on any atom is -0.497 e. The Morgan fingerprint density at radius 2 is 2.00 bits per heavy atom. The zero-order valence-corrected chi connectivity index (χ0v) is 10.9. The third-order valence-electron chi connectivity index (χ3n) is 3.03. The number of methoxy groups -OCH3 is 1. The lowest BCUT2D eigenvalue weighted by atomic mass is 9.91. The molecule has 96 valence electrons. The van der Waals surface area contributed by atoms with Gasteiger partial charge in [0.15, 0.2) is 0 Å². The average Bonchev–Trinajstić information content (AvgIpc) is 2.77. The molecule has 18 heavy (non-hydrogen) atoms. The van der Waals surface area contributed by atoms with Crippen molar-refractivity contribution in [3.63, 3.8) is 0 Å². The van der Waals surface area contributed by atoms with Crippen molar-refractivity contribution in [2.45, 2.75) is 18.9 Å². The number of aryl methyl sites for hydroxylation is 1. The lowest BCUT2D eigenvalue weighted by molar-refractivity contribution is 0.0575. The SMILES string of the molecule is COc1ccc(CC(C)(O)c2cnn(C)c2)cc1. The normalized spacial score (nSPS) is 14.2. The van der Waals surface area contributed by atoms with Crippen LogP contribution in [0.2, 0.25) is 0 Å². The Bertz CT molecular complexity index is 515. The summed E-state index contributed by atoms with van der Waals surface area (Å²) in [7, 11) is 3.48. The second-order valence-electron chi connectivity index (χ2n) is 4.70. The fraction of sp³-hybridized carbons (Fsp3) is 0.357. The molecule has 0 bridgehead atoms. The number of ether oxygens (including phenoxy) is 1. The topological polar surface area (TPSA) is 47.3 Å². The number of hydrogen-bond donors (Lipinski definition) is 1. The first-order valence-corrected chi connectivity index (χ1v) is 5.86. The third kappa shape index (κ3) is 2.71. The molecule has 0 amide bonds. The van der Waals surface area contributed by atoms with Gasteiger partial charge in [0.05, 0.1) is 18.9 Å². The zero-order chi connectivity index (χ0) is 13.2. The molecule has 0 aliphatic rings. The molecule has 2 aromatic rings. The van der Waals surface area contributed by atoms with Gasteiger partial charge in [0, 0.05) is 25.2 Å². The summed E-state index contributed by atoms with van der Waals surface area (Å²) in [4.78, 5) is 0. The number of aromatic nitrogens is 2. The van der Waals surface area contributed by atoms with E-state index >= 15 is 0 Å². The van der Waals surface area contributed by atoms with Crippen LogP contribution in [0.1, 0.15) is 18.1 Å². The smallest absolute Gasteiger partial charge is 0.118 e. The molecule has 1 aromatic carbocycles. The van der Waals surface area contributed by atoms with Crippen LogP contribution in [0.25, 0.3) is 0 Å². The van der Waals surface area contributed by atoms with Crippen LogP contribution < -0.4 is 4.74 Å². The second-order valence-corrected chi connectivity index (χ2v) is 4.70. The molecule has 0 aliphatic heterocycles. The molecule has 1 aromatic heterocycles. The average molecular weight is 246 g/mol. The third-order valence-corrected chi connectivity index (χ3v) is 3.03. The standard InChI is InChI=1S/C14H18N2O2/c1-14(17,12-9-15-16(2)10-12)8-11-4-6-13(18-3)7-5-11/h4-7,9-10,17H,8H2,1-3H3. The fourth-order valence-corrected chi connectivity index (χ4v) is 1.94. The summed E-state index contributed by atoms with van der Waals surface area (Å²) in [6, 6.07) is 7.72. The highest BCUT2D eigenvalue weighted by Gasteiger charge is 2.25. The summed E-state index contributed by atoms with van der Waals surface area (Å²) in [5.74, 6) is 0.819. The van der Waals surface area contributed by atoms with Crippen LogP contribution >= 0.6 is 0 Å². The van der Waals surface area contributed by atoms with Crippen molar-refractivity contribution in [1.82, 2.24) is 9.78 Å². The predicted octanol–water partition coefficient (Wildman–Crippen LogP) is 1.88. The largest absolute Gasteiger partial charge is 0.497 e. The maximum atomic E-state index is 10.5. The molecule has 0 aliphatic carbocycles. The van der Waals surface area contributed by atoms with Gasteiger partial charge in [0.2, 0.25) is 0 Å². The predicted molar refractivity (Wildman–Crippen MR) is 69.5 cm³/mol. The zero-order valence-electron chi connectivity index (χ0n) is 10.9. The van der Waals surface area contributed by atoms with Crippen molar-refractivity contribution in [3.8, 4) is 5.75 Å². The van der Waals surface area contributed by atoms with E-state index in [1.54, 1.807) is 24.9 Å². The quantitative estimate of drug-likeness (QED) is 0.896. The highest BCUT2D eigenvalue weighted by molar-refractivity contribution is 5.29. The Morgan fingerprint density at radius 3 is 2.50 bits per heavy atom. The molecule has 4 nitrogen and oxygen atoms in total. The molecule has 0 fully saturated rings. The van der Waals surface area contributed by atoms with Crippen LogP contribution in [0.15, 0.2) is 36.7 Å². The molecule has 0 saturated heterocycles. The summed E-state index contributed by atoms with van der Waals surface area (Å²) >= 11 is 0. The van der Waals surface area contributed by atoms with Crippen LogP contribution in [0, 0.1) is 0 Å². The summed E-state index contributed by atoms with van der Waals surface area (Å²) in [5.41, 5.74) is 0.966. The Balaban J connectivity index is 2.16. The van der Waals surface area contributed by atoms with Crippen LogP contribution in [0.3, 0.4) is 0 Å². The molecular formula is C14H18N2O2. The molecule has 1 heterocycles. The van der Waals surface area contributed by atoms with Crippen molar-refractivity contribution in [2.75, 3.05) is 7.11 Å². The van der Waals surface area contributed by atoms with Gasteiger partial charge in [-0.2, -0.15) is 5.10 Å². The number of nitrogens with zero attached hydrogens (tertiary/aromatic N) is 2. The van der Waals surface area contributed by atoms with Crippen molar-refractivity contribution in [2.24, 2.45) is 7.05 Å². The maximum Gasteiger partial charge on any atom is 0.118 e. The molecule has 1 unspecified atom stereocenters. The Kier molecular flexibility index (Phi) is 3.39. The van der Waals surface area contributed by atoms with Gasteiger partial charge in [0.1, 0.15) is 5.75 Å². The Morgan fingerprint density at radius 1 is 1.33 bits per heavy atom. The number of hydrogen-bond acceptors (Lipinski definition) is 3. The lowest BCUT2D eigenvalue weighted by Gasteiger charge is -2.22. The van der Waals surface area contributed by atoms with Crippen molar-refractivity contribution >= 4 is 0 Å². The van der Waals surface area contributed by atoms with Gasteiger partial charge in [0.25, 0.3) is 0 Å². The minimum atomic E-state index is -0.914. The molecule has 1 N–H and O–H groups in total. The van der Waals surface area contributed by atoms with E-state index in [4.69, 9.17) is 4.74 Å². The van der Waals surface area contributed by atoms with E-state index in [1.807, 2.05) is 37.5 Å². The van der Waals surface area contributed by atoms with E-state index in [1.165, 1.54) is 0 Å². The molecule has 2 rings (SSSR count). The van der Waals surface area contributed by atoms with Crippen LogP contribution in [-0.4, -0.2) is 22.0 Å². The van der Waals surface area contributed by atoms with E-state index in [2.05, 4.69) is 5.10 Å². The number of rotatable bonds is 4. The Hall–Kier alpha value is -1.81. The Labute approximate surface area is 107 Å². The van der Waals surface area contributed by atoms with E-state index < -0.39 is 5.60 Å². The second kappa shape index (κ2) is 4.82. The first-order valence-electron chi connectivity index (χ1n) is 5.86. The lowest BCUT2D eigenvalue weighted by Crippen LogP contribution is -2.23. The van der Waals surface area contributed by atoms with Crippen LogP contribution in [-0.2, 0) is 19.1 Å². The molecular weight excluding hydrogens is 228 g/mol. The van der Waals surface area contributed by atoms with E-state index in [0.29, 0.717) is 6.42 Å². The maximum absolute atomic E-state index is 10.5. The minimum absolute atomic E-state index is 0.544. The first kappa shape index (κ1) is 12.6. The molecule has 1 atom stereocenters. The van der Waals surface area contributed by atoms with Gasteiger partial charge >= 0.3 is 0 Å². The van der Waals surface area contributed by atoms with E-state index in [9.17, 15) is 5.11 Å². The van der Waals surface area contributed by atoms with Gasteiger partial charge in [-0.3, -0.25) is 4.68 Å². The van der Waals surface area contributed by atoms with Gasteiger partial charge < -0.3 is 9.84 Å². The van der Waals surface area contributed by atoms with Gasteiger partial charge in [-0.05, 0) is 24.6 Å². The molecule has 0 spiro atoms. The molecule has 0 radical (unpaired) electrons. The van der Waals surface area contributed by atoms with E-state index in [-0.39, 0.29) is 0 Å². The van der Waals surface area contributed by atoms with Crippen LogP contribution in [0.4, 0.5) is 0 Å². The van der Waals surface area contributed by atoms with Crippen molar-refractivity contribution < 1.29 is 9.84 Å². The van der Waals surface area contributed by atoms with Crippen molar-refractivity contribution in [1.29, 1.82) is 0 Å². The molecule has 4 heteroatoms. The summed E-state index contributed by atoms with van der Waals surface area (Å²) in [6.45, 7) is 1.80. The van der Waals surface area contributed by atoms with Gasteiger partial charge in [-0.1, -0.05) is 12.1 Å². The summed E-state index contributed by atoms with van der Waals surface area (Å²) < 4.78 is 6.80. The molecule has 0 saturated carbocycles. The van der Waals surface area contributed by atoms with Gasteiger partial charge in [-0.25, -0.2) is 0 Å². The first-order chi connectivity index (χ1) is 8.51.